The first kappa shape index (κ1) is 14.0. The van der Waals surface area contributed by atoms with Crippen molar-refractivity contribution in [1.82, 2.24) is 9.62 Å². The van der Waals surface area contributed by atoms with E-state index >= 15 is 0 Å². The maximum atomic E-state index is 12.9. The van der Waals surface area contributed by atoms with Crippen LogP contribution in [0.3, 0.4) is 0 Å². The quantitative estimate of drug-likeness (QED) is 0.926. The zero-order chi connectivity index (χ0) is 14.2. The van der Waals surface area contributed by atoms with Crippen molar-refractivity contribution in [2.45, 2.75) is 49.6 Å². The van der Waals surface area contributed by atoms with Gasteiger partial charge in [0.2, 0.25) is 10.0 Å². The summed E-state index contributed by atoms with van der Waals surface area (Å²) in [6.07, 6.45) is 4.18. The van der Waals surface area contributed by atoms with E-state index in [1.807, 2.05) is 19.1 Å². The van der Waals surface area contributed by atoms with Gasteiger partial charge in [0.05, 0.1) is 4.90 Å². The van der Waals surface area contributed by atoms with E-state index < -0.39 is 10.0 Å². The molecular formula is C15H22N2O2S. The maximum Gasteiger partial charge on any atom is 0.243 e. The van der Waals surface area contributed by atoms with Gasteiger partial charge in [0, 0.05) is 18.6 Å². The average molecular weight is 294 g/mol. The summed E-state index contributed by atoms with van der Waals surface area (Å²) in [7, 11) is -3.36. The second-order valence-corrected chi connectivity index (χ2v) is 7.65. The topological polar surface area (TPSA) is 49.4 Å². The summed E-state index contributed by atoms with van der Waals surface area (Å²) in [5.74, 6) is 0. The largest absolute Gasteiger partial charge is 0.312 e. The highest BCUT2D eigenvalue weighted by Crippen LogP contribution is 2.31. The van der Waals surface area contributed by atoms with E-state index in [2.05, 4.69) is 5.32 Å². The van der Waals surface area contributed by atoms with Gasteiger partial charge in [0.1, 0.15) is 0 Å². The third-order valence-electron chi connectivity index (χ3n) is 4.49. The molecule has 0 radical (unpaired) electrons. The molecule has 20 heavy (non-hydrogen) atoms. The second-order valence-electron chi connectivity index (χ2n) is 5.79. The van der Waals surface area contributed by atoms with Crippen molar-refractivity contribution in [1.29, 1.82) is 0 Å². The number of nitrogens with one attached hydrogen (secondary N) is 1. The van der Waals surface area contributed by atoms with Gasteiger partial charge in [-0.2, -0.15) is 4.31 Å². The monoisotopic (exact) mass is 294 g/mol. The number of rotatable bonds is 3. The fourth-order valence-electron chi connectivity index (χ4n) is 3.48. The molecule has 1 aromatic rings. The van der Waals surface area contributed by atoms with E-state index in [4.69, 9.17) is 0 Å². The third kappa shape index (κ3) is 2.38. The van der Waals surface area contributed by atoms with Crippen molar-refractivity contribution in [2.24, 2.45) is 0 Å². The molecule has 2 atom stereocenters. The molecule has 110 valence electrons. The standard InChI is InChI=1S/C15H22N2O2S/c1-12-6-2-3-9-15(12)20(18,19)17-11-5-8-14(17)13-7-4-10-16-13/h2-3,6,9,13-14,16H,4-5,7-8,10-11H2,1H3. The van der Waals surface area contributed by atoms with Crippen molar-refractivity contribution in [3.05, 3.63) is 29.8 Å². The van der Waals surface area contributed by atoms with Crippen LogP contribution in [-0.2, 0) is 10.0 Å². The molecule has 0 spiro atoms. The maximum absolute atomic E-state index is 12.9. The zero-order valence-electron chi connectivity index (χ0n) is 11.9. The summed E-state index contributed by atoms with van der Waals surface area (Å²) in [5, 5.41) is 3.46. The van der Waals surface area contributed by atoms with Gasteiger partial charge >= 0.3 is 0 Å². The third-order valence-corrected chi connectivity index (χ3v) is 6.58. The van der Waals surface area contributed by atoms with Gasteiger partial charge in [0.25, 0.3) is 0 Å². The molecule has 2 saturated heterocycles. The van der Waals surface area contributed by atoms with E-state index in [0.717, 1.165) is 37.8 Å². The SMILES string of the molecule is Cc1ccccc1S(=O)(=O)N1CCCC1C1CCCN1. The lowest BCUT2D eigenvalue weighted by Gasteiger charge is -2.29. The summed E-state index contributed by atoms with van der Waals surface area (Å²) in [6.45, 7) is 3.53. The highest BCUT2D eigenvalue weighted by atomic mass is 32.2. The summed E-state index contributed by atoms with van der Waals surface area (Å²) in [6, 6.07) is 7.74. The first-order valence-corrected chi connectivity index (χ1v) is 8.85. The predicted octanol–water partition coefficient (Wildman–Crippen LogP) is 1.90. The van der Waals surface area contributed by atoms with E-state index in [1.54, 1.807) is 16.4 Å². The fourth-order valence-corrected chi connectivity index (χ4v) is 5.43. The van der Waals surface area contributed by atoms with E-state index in [9.17, 15) is 8.42 Å². The molecule has 0 aromatic heterocycles. The molecule has 2 heterocycles. The van der Waals surface area contributed by atoms with Crippen LogP contribution in [0.5, 0.6) is 0 Å². The molecule has 2 aliphatic rings. The Hall–Kier alpha value is -0.910. The average Bonchev–Trinajstić information content (AvgIpc) is 3.10. The van der Waals surface area contributed by atoms with Crippen molar-refractivity contribution >= 4 is 10.0 Å². The van der Waals surface area contributed by atoms with Crippen LogP contribution in [0.2, 0.25) is 0 Å². The summed E-state index contributed by atoms with van der Waals surface area (Å²) >= 11 is 0. The number of hydrogen-bond acceptors (Lipinski definition) is 3. The van der Waals surface area contributed by atoms with Gasteiger partial charge in [-0.15, -0.1) is 0 Å². The van der Waals surface area contributed by atoms with Crippen LogP contribution >= 0.6 is 0 Å². The highest BCUT2D eigenvalue weighted by molar-refractivity contribution is 7.89. The highest BCUT2D eigenvalue weighted by Gasteiger charge is 2.40. The van der Waals surface area contributed by atoms with Crippen molar-refractivity contribution in [3.63, 3.8) is 0 Å². The van der Waals surface area contributed by atoms with Gasteiger partial charge in [-0.1, -0.05) is 18.2 Å². The Morgan fingerprint density at radius 1 is 1.20 bits per heavy atom. The molecule has 0 aliphatic carbocycles. The number of aryl methyl sites for hydroxylation is 1. The van der Waals surface area contributed by atoms with Gasteiger partial charge in [-0.25, -0.2) is 8.42 Å². The first-order valence-electron chi connectivity index (χ1n) is 7.41. The van der Waals surface area contributed by atoms with E-state index in [0.29, 0.717) is 17.5 Å². The van der Waals surface area contributed by atoms with Crippen LogP contribution in [0, 0.1) is 6.92 Å². The Balaban J connectivity index is 1.92. The van der Waals surface area contributed by atoms with Crippen LogP contribution in [0.1, 0.15) is 31.2 Å². The molecule has 5 heteroatoms. The Morgan fingerprint density at radius 2 is 2.00 bits per heavy atom. The molecule has 2 unspecified atom stereocenters. The Bertz CT molecular complexity index is 579. The van der Waals surface area contributed by atoms with Crippen LogP contribution in [-0.4, -0.2) is 37.9 Å². The minimum atomic E-state index is -3.36. The normalized spacial score (nSPS) is 28.1. The smallest absolute Gasteiger partial charge is 0.243 e. The molecule has 2 fully saturated rings. The molecule has 0 amide bonds. The minimum Gasteiger partial charge on any atom is -0.312 e. The Morgan fingerprint density at radius 3 is 2.70 bits per heavy atom. The Kier molecular flexibility index (Phi) is 3.84. The summed E-state index contributed by atoms with van der Waals surface area (Å²) < 4.78 is 27.6. The van der Waals surface area contributed by atoms with Crippen molar-refractivity contribution in [2.75, 3.05) is 13.1 Å². The molecule has 3 rings (SSSR count). The van der Waals surface area contributed by atoms with E-state index in [-0.39, 0.29) is 6.04 Å². The lowest BCUT2D eigenvalue weighted by Crippen LogP contribution is -2.46. The fraction of sp³-hybridized carbons (Fsp3) is 0.600. The summed E-state index contributed by atoms with van der Waals surface area (Å²) in [5.41, 5.74) is 0.831. The number of sulfonamides is 1. The van der Waals surface area contributed by atoms with Crippen molar-refractivity contribution < 1.29 is 8.42 Å². The van der Waals surface area contributed by atoms with Gasteiger partial charge in [-0.05, 0) is 50.8 Å². The van der Waals surface area contributed by atoms with E-state index in [1.165, 1.54) is 0 Å². The van der Waals surface area contributed by atoms with Crippen LogP contribution in [0.15, 0.2) is 29.2 Å². The molecule has 4 nitrogen and oxygen atoms in total. The second kappa shape index (κ2) is 5.47. The Labute approximate surface area is 121 Å². The van der Waals surface area contributed by atoms with Crippen LogP contribution < -0.4 is 5.32 Å². The van der Waals surface area contributed by atoms with Gasteiger partial charge in [0.15, 0.2) is 0 Å². The summed E-state index contributed by atoms with van der Waals surface area (Å²) in [4.78, 5) is 0.463. The molecular weight excluding hydrogens is 272 g/mol. The van der Waals surface area contributed by atoms with Crippen molar-refractivity contribution in [3.8, 4) is 0 Å². The van der Waals surface area contributed by atoms with Crippen LogP contribution in [0.25, 0.3) is 0 Å². The van der Waals surface area contributed by atoms with Gasteiger partial charge in [-0.3, -0.25) is 0 Å². The molecule has 1 aromatic carbocycles. The molecule has 0 saturated carbocycles. The number of benzene rings is 1. The zero-order valence-corrected chi connectivity index (χ0v) is 12.7. The molecule has 2 aliphatic heterocycles. The molecule has 0 bridgehead atoms. The lowest BCUT2D eigenvalue weighted by atomic mass is 10.1. The first-order chi connectivity index (χ1) is 9.60. The molecule has 1 N–H and O–H groups in total. The predicted molar refractivity (Wildman–Crippen MR) is 79.1 cm³/mol. The lowest BCUT2D eigenvalue weighted by molar-refractivity contribution is 0.322. The number of nitrogens with zero attached hydrogens (tertiary/aromatic N) is 1. The van der Waals surface area contributed by atoms with Gasteiger partial charge < -0.3 is 5.32 Å². The minimum absolute atomic E-state index is 0.127. The van der Waals surface area contributed by atoms with Crippen LogP contribution in [0.4, 0.5) is 0 Å². The number of hydrogen-bond donors (Lipinski definition) is 1.